The van der Waals surface area contributed by atoms with Crippen LogP contribution in [0.4, 0.5) is 11.4 Å². The molecule has 2 aliphatic heterocycles. The van der Waals surface area contributed by atoms with Crippen LogP contribution in [0.25, 0.3) is 0 Å². The molecule has 3 aromatic carbocycles. The van der Waals surface area contributed by atoms with E-state index in [0.717, 1.165) is 38.8 Å². The van der Waals surface area contributed by atoms with Crippen LogP contribution < -0.4 is 24.6 Å². The summed E-state index contributed by atoms with van der Waals surface area (Å²) in [5.41, 5.74) is 2.96. The molecule has 1 aromatic heterocycles. The zero-order chi connectivity index (χ0) is 32.6. The Morgan fingerprint density at radius 1 is 1.02 bits per heavy atom. The van der Waals surface area contributed by atoms with E-state index < -0.39 is 11.8 Å². The highest BCUT2D eigenvalue weighted by Crippen LogP contribution is 2.69. The van der Waals surface area contributed by atoms with Crippen molar-refractivity contribution in [2.75, 3.05) is 23.9 Å². The van der Waals surface area contributed by atoms with Gasteiger partial charge in [-0.15, -0.1) is 11.8 Å². The third-order valence-electron chi connectivity index (χ3n) is 10.1. The quantitative estimate of drug-likeness (QED) is 0.226. The number of aromatic nitrogens is 1. The van der Waals surface area contributed by atoms with E-state index >= 15 is 0 Å². The number of amides is 3. The van der Waals surface area contributed by atoms with Crippen LogP contribution in [0.5, 0.6) is 11.5 Å². The largest absolute Gasteiger partial charge is 0.497 e. The Kier molecular flexibility index (Phi) is 7.46. The van der Waals surface area contributed by atoms with Gasteiger partial charge in [0.05, 0.1) is 29.7 Å². The molecule has 0 unspecified atom stereocenters. The number of fused-ring (bicyclic) bond motifs is 9. The number of thioether (sulfide) groups is 1. The molecule has 12 heteroatoms. The molecule has 3 fully saturated rings. The normalized spacial score (nSPS) is 27.0. The summed E-state index contributed by atoms with van der Waals surface area (Å²) in [4.78, 5) is 58.9. The maximum atomic E-state index is 14.1. The fourth-order valence-corrected chi connectivity index (χ4v) is 11.3. The highest BCUT2D eigenvalue weighted by molar-refractivity contribution is 8.00. The molecule has 0 spiro atoms. The van der Waals surface area contributed by atoms with Gasteiger partial charge in [-0.05, 0) is 85.2 Å². The predicted molar refractivity (Wildman–Crippen MR) is 181 cm³/mol. The molecule has 4 aliphatic rings. The lowest BCUT2D eigenvalue weighted by Crippen LogP contribution is -2.42. The van der Waals surface area contributed by atoms with Gasteiger partial charge in [0.1, 0.15) is 11.5 Å². The molecule has 3 amide bonds. The number of nitrogens with zero attached hydrogens (tertiary/aromatic N) is 1. The first kappa shape index (κ1) is 30.3. The van der Waals surface area contributed by atoms with Gasteiger partial charge in [0.15, 0.2) is 6.61 Å². The molecule has 9 nitrogen and oxygen atoms in total. The third-order valence-corrected chi connectivity index (χ3v) is 13.0. The first-order valence-electron chi connectivity index (χ1n) is 15.4. The Bertz CT molecular complexity index is 1990. The zero-order valence-electron chi connectivity index (χ0n) is 25.4. The molecule has 8 rings (SSSR count). The van der Waals surface area contributed by atoms with Crippen LogP contribution in [0.3, 0.4) is 0 Å². The standard InChI is InChI=1S/C35H30ClN3O6S2/c1-16-5-3-4-6-23(16)37-25(40)15-45-24-12-7-17(36)13-20(24)26-27-21-14-22(30(27)46-32-31(26)47-35(43)38-32)29-28(21)33(41)39(34(29)42)18-8-10-19(44-2)11-9-18/h3-13,21-22,26-30H,14-15H2,1-2H3,(H,37,40)(H,38,43)/t21-,22-,26+,27-,28+,29+,30-/m1/s1. The number of halogens is 1. The summed E-state index contributed by atoms with van der Waals surface area (Å²) >= 11 is 9.37. The molecule has 2 N–H and O–H groups in total. The number of aromatic amines is 1. The van der Waals surface area contributed by atoms with Crippen molar-refractivity contribution in [3.8, 4) is 11.5 Å². The third kappa shape index (κ3) is 4.89. The van der Waals surface area contributed by atoms with Crippen molar-refractivity contribution in [1.29, 1.82) is 0 Å². The highest BCUT2D eigenvalue weighted by atomic mass is 35.5. The first-order chi connectivity index (χ1) is 22.7. The second kappa shape index (κ2) is 11.6. The van der Waals surface area contributed by atoms with Crippen LogP contribution in [-0.2, 0) is 14.4 Å². The molecule has 3 heterocycles. The van der Waals surface area contributed by atoms with Crippen molar-refractivity contribution in [1.82, 2.24) is 4.98 Å². The number of rotatable bonds is 7. The van der Waals surface area contributed by atoms with Crippen LogP contribution in [0.1, 0.15) is 28.3 Å². The topological polar surface area (TPSA) is 118 Å². The van der Waals surface area contributed by atoms with Gasteiger partial charge in [0.25, 0.3) is 5.91 Å². The first-order valence-corrected chi connectivity index (χ1v) is 17.5. The molecular formula is C35H30ClN3O6S2. The van der Waals surface area contributed by atoms with Crippen LogP contribution in [0, 0.1) is 36.5 Å². The number of aryl methyl sites for hydroxylation is 1. The SMILES string of the molecule is COc1ccc(N2C(=O)[C@H]3[C@H]4C[C@@H]([C@@H]3C2=O)[C@@H]2[C@H](c3cc(Cl)ccc3OCC(=O)Nc3ccccc3C)c3sc(=O)[nH]c3S[C@H]42)cc1. The molecule has 4 aromatic rings. The van der Waals surface area contributed by atoms with Crippen molar-refractivity contribution in [2.24, 2.45) is 29.6 Å². The van der Waals surface area contributed by atoms with Crippen LogP contribution in [0.15, 0.2) is 76.6 Å². The Morgan fingerprint density at radius 2 is 1.77 bits per heavy atom. The number of ether oxygens (including phenoxy) is 2. The summed E-state index contributed by atoms with van der Waals surface area (Å²) in [5, 5.41) is 4.18. The minimum Gasteiger partial charge on any atom is -0.497 e. The molecule has 2 aliphatic carbocycles. The summed E-state index contributed by atoms with van der Waals surface area (Å²) in [6.07, 6.45) is 0.747. The number of hydrogen-bond acceptors (Lipinski definition) is 8. The molecular weight excluding hydrogens is 658 g/mol. The van der Waals surface area contributed by atoms with Crippen molar-refractivity contribution < 1.29 is 23.9 Å². The number of nitrogens with one attached hydrogen (secondary N) is 2. The summed E-state index contributed by atoms with van der Waals surface area (Å²) in [6, 6.07) is 19.8. The summed E-state index contributed by atoms with van der Waals surface area (Å²) in [6.45, 7) is 1.69. The number of carbonyl (C=O) groups excluding carboxylic acids is 3. The number of thiazole rings is 1. The van der Waals surface area contributed by atoms with E-state index in [1.54, 1.807) is 55.3 Å². The predicted octanol–water partition coefficient (Wildman–Crippen LogP) is 6.10. The average Bonchev–Trinajstić information content (AvgIpc) is 3.80. The van der Waals surface area contributed by atoms with E-state index in [1.165, 1.54) is 4.90 Å². The molecule has 2 saturated carbocycles. The van der Waals surface area contributed by atoms with Gasteiger partial charge in [-0.2, -0.15) is 0 Å². The van der Waals surface area contributed by atoms with Crippen LogP contribution in [0.2, 0.25) is 5.02 Å². The van der Waals surface area contributed by atoms with Crippen LogP contribution in [-0.4, -0.2) is 41.7 Å². The van der Waals surface area contributed by atoms with E-state index in [4.69, 9.17) is 21.1 Å². The van der Waals surface area contributed by atoms with Gasteiger partial charge >= 0.3 is 4.87 Å². The molecule has 47 heavy (non-hydrogen) atoms. The van der Waals surface area contributed by atoms with Gasteiger partial charge in [-0.1, -0.05) is 41.1 Å². The molecule has 2 bridgehead atoms. The van der Waals surface area contributed by atoms with Gasteiger partial charge < -0.3 is 19.8 Å². The van der Waals surface area contributed by atoms with E-state index in [0.29, 0.717) is 27.9 Å². The maximum Gasteiger partial charge on any atom is 0.305 e. The minimum atomic E-state index is -0.459. The number of anilines is 2. The highest BCUT2D eigenvalue weighted by Gasteiger charge is 2.69. The minimum absolute atomic E-state index is 0.00671. The Morgan fingerprint density at radius 3 is 2.51 bits per heavy atom. The smallest absolute Gasteiger partial charge is 0.305 e. The fourth-order valence-electron chi connectivity index (χ4n) is 8.29. The maximum absolute atomic E-state index is 14.1. The van der Waals surface area contributed by atoms with E-state index in [1.807, 2.05) is 37.3 Å². The molecule has 1 saturated heterocycles. The Hall–Kier alpha value is -4.06. The number of imide groups is 1. The van der Waals surface area contributed by atoms with E-state index in [-0.39, 0.29) is 58.1 Å². The van der Waals surface area contributed by atoms with Gasteiger partial charge in [-0.25, -0.2) is 0 Å². The van der Waals surface area contributed by atoms with Crippen LogP contribution >= 0.6 is 34.7 Å². The fraction of sp³-hybridized carbons (Fsp3) is 0.314. The number of para-hydroxylation sites is 1. The average molecular weight is 688 g/mol. The van der Waals surface area contributed by atoms with E-state index in [2.05, 4.69) is 10.3 Å². The second-order valence-electron chi connectivity index (χ2n) is 12.5. The molecule has 240 valence electrons. The van der Waals surface area contributed by atoms with Crippen molar-refractivity contribution in [2.45, 2.75) is 29.5 Å². The lowest BCUT2D eigenvalue weighted by Gasteiger charge is -2.43. The van der Waals surface area contributed by atoms with Crippen molar-refractivity contribution >= 4 is 63.8 Å². The molecule has 7 atom stereocenters. The number of hydrogen-bond donors (Lipinski definition) is 2. The van der Waals surface area contributed by atoms with Gasteiger partial charge in [-0.3, -0.25) is 24.1 Å². The number of H-pyrrole nitrogens is 1. The summed E-state index contributed by atoms with van der Waals surface area (Å²) < 4.78 is 11.5. The van der Waals surface area contributed by atoms with Crippen molar-refractivity contribution in [3.05, 3.63) is 97.4 Å². The lowest BCUT2D eigenvalue weighted by molar-refractivity contribution is -0.123. The summed E-state index contributed by atoms with van der Waals surface area (Å²) in [7, 11) is 1.57. The second-order valence-corrected chi connectivity index (χ2v) is 15.1. The Balaban J connectivity index is 1.14. The Labute approximate surface area is 283 Å². The lowest BCUT2D eigenvalue weighted by atomic mass is 9.68. The van der Waals surface area contributed by atoms with E-state index in [9.17, 15) is 19.2 Å². The van der Waals surface area contributed by atoms with Gasteiger partial charge in [0, 0.05) is 32.3 Å². The monoisotopic (exact) mass is 687 g/mol. The molecule has 0 radical (unpaired) electrons. The van der Waals surface area contributed by atoms with Gasteiger partial charge in [0.2, 0.25) is 11.8 Å². The number of benzene rings is 3. The number of methoxy groups -OCH3 is 1. The summed E-state index contributed by atoms with van der Waals surface area (Å²) in [5.74, 6) is -0.892. The zero-order valence-corrected chi connectivity index (χ0v) is 27.8. The van der Waals surface area contributed by atoms with Crippen molar-refractivity contribution in [3.63, 3.8) is 0 Å². The number of carbonyl (C=O) groups is 3.